The summed E-state index contributed by atoms with van der Waals surface area (Å²) in [7, 11) is 0. The van der Waals surface area contributed by atoms with Gasteiger partial charge in [-0.2, -0.15) is 0 Å². The Morgan fingerprint density at radius 2 is 2.06 bits per heavy atom. The van der Waals surface area contributed by atoms with Crippen LogP contribution in [0.1, 0.15) is 44.2 Å². The third-order valence-electron chi connectivity index (χ3n) is 2.67. The summed E-state index contributed by atoms with van der Waals surface area (Å²) in [6.07, 6.45) is 9.53. The van der Waals surface area contributed by atoms with Gasteiger partial charge in [0.05, 0.1) is 0 Å². The van der Waals surface area contributed by atoms with Crippen molar-refractivity contribution in [3.63, 3.8) is 0 Å². The van der Waals surface area contributed by atoms with Crippen molar-refractivity contribution in [1.82, 2.24) is 5.32 Å². The van der Waals surface area contributed by atoms with Crippen LogP contribution >= 0.6 is 0 Å². The number of hydrogen-bond donors (Lipinski definition) is 1. The summed E-state index contributed by atoms with van der Waals surface area (Å²) < 4.78 is 0. The molecule has 0 fully saturated rings. The first-order chi connectivity index (χ1) is 7.88. The van der Waals surface area contributed by atoms with Crippen LogP contribution in [-0.2, 0) is 0 Å². The van der Waals surface area contributed by atoms with Gasteiger partial charge in [-0.25, -0.2) is 0 Å². The number of unbranched alkanes of at least 4 members (excludes halogenated alkanes) is 1. The van der Waals surface area contributed by atoms with Crippen molar-refractivity contribution in [1.29, 1.82) is 0 Å². The minimum atomic E-state index is 0.476. The van der Waals surface area contributed by atoms with Gasteiger partial charge in [0, 0.05) is 12.5 Å². The molecule has 1 aromatic carbocycles. The Kier molecular flexibility index (Phi) is 6.37. The van der Waals surface area contributed by atoms with E-state index in [-0.39, 0.29) is 0 Å². The Labute approximate surface area is 99.3 Å². The fourth-order valence-electron chi connectivity index (χ4n) is 1.83. The van der Waals surface area contributed by atoms with Crippen molar-refractivity contribution < 1.29 is 0 Å². The van der Waals surface area contributed by atoms with Gasteiger partial charge < -0.3 is 5.32 Å². The summed E-state index contributed by atoms with van der Waals surface area (Å²) in [6.45, 7) is 3.23. The number of benzene rings is 1. The second-order valence-electron chi connectivity index (χ2n) is 4.01. The maximum absolute atomic E-state index is 5.24. The molecule has 0 aliphatic rings. The molecular weight excluding hydrogens is 194 g/mol. The van der Waals surface area contributed by atoms with Crippen LogP contribution in [-0.4, -0.2) is 6.54 Å². The van der Waals surface area contributed by atoms with Gasteiger partial charge in [-0.3, -0.25) is 0 Å². The van der Waals surface area contributed by atoms with E-state index < -0.39 is 0 Å². The highest BCUT2D eigenvalue weighted by molar-refractivity contribution is 5.18. The van der Waals surface area contributed by atoms with E-state index in [0.29, 0.717) is 6.04 Å². The lowest BCUT2D eigenvalue weighted by Crippen LogP contribution is -2.22. The summed E-state index contributed by atoms with van der Waals surface area (Å²) in [5.41, 5.74) is 1.38. The van der Waals surface area contributed by atoms with Crippen LogP contribution in [0.2, 0.25) is 0 Å². The van der Waals surface area contributed by atoms with Crippen molar-refractivity contribution in [2.45, 2.75) is 38.6 Å². The maximum atomic E-state index is 5.24. The normalized spacial score (nSPS) is 12.0. The third-order valence-corrected chi connectivity index (χ3v) is 2.67. The predicted molar refractivity (Wildman–Crippen MR) is 70.2 cm³/mol. The minimum Gasteiger partial charge on any atom is -0.310 e. The molecule has 1 rings (SSSR count). The highest BCUT2D eigenvalue weighted by Gasteiger charge is 2.08. The van der Waals surface area contributed by atoms with Crippen molar-refractivity contribution in [2.75, 3.05) is 6.54 Å². The lowest BCUT2D eigenvalue weighted by molar-refractivity contribution is 0.490. The van der Waals surface area contributed by atoms with E-state index in [4.69, 9.17) is 6.42 Å². The highest BCUT2D eigenvalue weighted by Crippen LogP contribution is 2.17. The number of nitrogens with one attached hydrogen (secondary N) is 1. The fraction of sp³-hybridized carbons (Fsp3) is 0.467. The van der Waals surface area contributed by atoms with Crippen LogP contribution in [0.25, 0.3) is 0 Å². The van der Waals surface area contributed by atoms with E-state index in [1.54, 1.807) is 0 Å². The third kappa shape index (κ3) is 4.51. The van der Waals surface area contributed by atoms with Gasteiger partial charge in [0.15, 0.2) is 0 Å². The van der Waals surface area contributed by atoms with E-state index in [1.807, 2.05) is 0 Å². The Balaban J connectivity index is 2.45. The zero-order valence-electron chi connectivity index (χ0n) is 10.1. The summed E-state index contributed by atoms with van der Waals surface area (Å²) >= 11 is 0. The molecule has 1 N–H and O–H groups in total. The Morgan fingerprint density at radius 1 is 1.31 bits per heavy atom. The molecule has 1 aromatic rings. The van der Waals surface area contributed by atoms with Crippen LogP contribution in [0.15, 0.2) is 30.3 Å². The predicted octanol–water partition coefficient (Wildman–Crippen LogP) is 3.53. The lowest BCUT2D eigenvalue weighted by atomic mass is 10.0. The molecule has 0 aliphatic carbocycles. The zero-order valence-corrected chi connectivity index (χ0v) is 10.1. The largest absolute Gasteiger partial charge is 0.310 e. The van der Waals surface area contributed by atoms with Gasteiger partial charge in [-0.15, -0.1) is 12.3 Å². The van der Waals surface area contributed by atoms with E-state index in [0.717, 1.165) is 19.4 Å². The molecule has 0 spiro atoms. The molecule has 0 aliphatic heterocycles. The summed E-state index contributed by atoms with van der Waals surface area (Å²) in [4.78, 5) is 0. The molecule has 0 saturated carbocycles. The van der Waals surface area contributed by atoms with E-state index in [9.17, 15) is 0 Å². The molecule has 0 aromatic heterocycles. The van der Waals surface area contributed by atoms with Crippen molar-refractivity contribution in [2.24, 2.45) is 0 Å². The molecule has 0 amide bonds. The highest BCUT2D eigenvalue weighted by atomic mass is 14.9. The van der Waals surface area contributed by atoms with Crippen LogP contribution in [0.4, 0.5) is 0 Å². The van der Waals surface area contributed by atoms with Gasteiger partial charge >= 0.3 is 0 Å². The van der Waals surface area contributed by atoms with Crippen LogP contribution in [0, 0.1) is 12.3 Å². The first-order valence-corrected chi connectivity index (χ1v) is 6.10. The van der Waals surface area contributed by atoms with Gasteiger partial charge in [-0.1, -0.05) is 43.7 Å². The molecule has 0 heterocycles. The van der Waals surface area contributed by atoms with Gasteiger partial charge in [0.1, 0.15) is 0 Å². The number of hydrogen-bond acceptors (Lipinski definition) is 1. The average Bonchev–Trinajstić information content (AvgIpc) is 2.34. The topological polar surface area (TPSA) is 12.0 Å². The monoisotopic (exact) mass is 215 g/mol. The molecule has 1 nitrogen and oxygen atoms in total. The van der Waals surface area contributed by atoms with Crippen molar-refractivity contribution >= 4 is 0 Å². The summed E-state index contributed by atoms with van der Waals surface area (Å²) in [5, 5.41) is 3.58. The molecule has 1 unspecified atom stereocenters. The van der Waals surface area contributed by atoms with E-state index in [2.05, 4.69) is 48.5 Å². The van der Waals surface area contributed by atoms with Gasteiger partial charge in [-0.05, 0) is 24.9 Å². The lowest BCUT2D eigenvalue weighted by Gasteiger charge is -2.18. The first kappa shape index (κ1) is 12.8. The quantitative estimate of drug-likeness (QED) is 0.542. The second-order valence-corrected chi connectivity index (χ2v) is 4.01. The molecule has 1 heteroatoms. The Morgan fingerprint density at radius 3 is 2.69 bits per heavy atom. The fourth-order valence-corrected chi connectivity index (χ4v) is 1.83. The Hall–Kier alpha value is -1.26. The molecule has 86 valence electrons. The van der Waals surface area contributed by atoms with Crippen LogP contribution in [0.3, 0.4) is 0 Å². The molecule has 0 bridgehead atoms. The smallest absolute Gasteiger partial charge is 0.0320 e. The van der Waals surface area contributed by atoms with Crippen molar-refractivity contribution in [3.8, 4) is 12.3 Å². The molecular formula is C15H21N. The zero-order chi connectivity index (χ0) is 11.6. The van der Waals surface area contributed by atoms with Gasteiger partial charge in [0.2, 0.25) is 0 Å². The number of terminal acetylenes is 1. The molecule has 16 heavy (non-hydrogen) atoms. The van der Waals surface area contributed by atoms with Crippen LogP contribution < -0.4 is 5.32 Å². The minimum absolute atomic E-state index is 0.476. The standard InChI is InChI=1S/C15H21N/c1-3-5-9-13-16-15(10-4-2)14-11-7-6-8-12-14/h1,6-8,11-12,15-16H,4-5,9-10,13H2,2H3. The summed E-state index contributed by atoms with van der Waals surface area (Å²) in [6, 6.07) is 11.1. The average molecular weight is 215 g/mol. The van der Waals surface area contributed by atoms with Gasteiger partial charge in [0.25, 0.3) is 0 Å². The van der Waals surface area contributed by atoms with E-state index in [1.165, 1.54) is 18.4 Å². The molecule has 1 atom stereocenters. The second kappa shape index (κ2) is 7.96. The van der Waals surface area contributed by atoms with Crippen molar-refractivity contribution in [3.05, 3.63) is 35.9 Å². The van der Waals surface area contributed by atoms with Crippen LogP contribution in [0.5, 0.6) is 0 Å². The molecule has 0 saturated heterocycles. The Bertz CT molecular complexity index is 310. The number of rotatable bonds is 7. The summed E-state index contributed by atoms with van der Waals surface area (Å²) in [5.74, 6) is 2.67. The SMILES string of the molecule is C#CCCCNC(CCC)c1ccccc1. The first-order valence-electron chi connectivity index (χ1n) is 6.10. The molecule has 0 radical (unpaired) electrons. The maximum Gasteiger partial charge on any atom is 0.0320 e. The van der Waals surface area contributed by atoms with E-state index >= 15 is 0 Å².